The summed E-state index contributed by atoms with van der Waals surface area (Å²) in [7, 11) is 0. The summed E-state index contributed by atoms with van der Waals surface area (Å²) >= 11 is 3.34. The maximum absolute atomic E-state index is 12.3. The minimum Gasteiger partial charge on any atom is -0.389 e. The molecule has 0 spiro atoms. The van der Waals surface area contributed by atoms with Crippen LogP contribution >= 0.6 is 15.9 Å². The largest absolute Gasteiger partial charge is 0.389 e. The van der Waals surface area contributed by atoms with Crippen molar-refractivity contribution >= 4 is 27.6 Å². The fourth-order valence-corrected chi connectivity index (χ4v) is 2.18. The third-order valence-electron chi connectivity index (χ3n) is 2.82. The van der Waals surface area contributed by atoms with Crippen molar-refractivity contribution in [1.82, 2.24) is 9.88 Å². The van der Waals surface area contributed by atoms with E-state index in [9.17, 15) is 9.90 Å². The van der Waals surface area contributed by atoms with E-state index in [1.807, 2.05) is 0 Å². The first-order valence-electron chi connectivity index (χ1n) is 6.26. The number of hydrogen-bond donors (Lipinski definition) is 2. The number of anilines is 1. The molecule has 1 aromatic rings. The van der Waals surface area contributed by atoms with Gasteiger partial charge < -0.3 is 15.3 Å². The molecule has 0 aromatic carbocycles. The lowest BCUT2D eigenvalue weighted by atomic mass is 10.1. The number of halogens is 1. The second-order valence-corrected chi connectivity index (χ2v) is 6.31. The van der Waals surface area contributed by atoms with Crippen molar-refractivity contribution in [3.8, 4) is 0 Å². The number of nitrogens with zero attached hydrogens (tertiary/aromatic N) is 2. The summed E-state index contributed by atoms with van der Waals surface area (Å²) in [5, 5.41) is 12.7. The van der Waals surface area contributed by atoms with Crippen molar-refractivity contribution in [2.24, 2.45) is 0 Å². The molecule has 1 fully saturated rings. The predicted octanol–water partition coefficient (Wildman–Crippen LogP) is 2.61. The van der Waals surface area contributed by atoms with E-state index in [0.717, 1.165) is 17.3 Å². The fourth-order valence-electron chi connectivity index (χ4n) is 1.83. The van der Waals surface area contributed by atoms with Crippen molar-refractivity contribution in [2.45, 2.75) is 38.3 Å². The van der Waals surface area contributed by atoms with E-state index in [-0.39, 0.29) is 12.1 Å². The van der Waals surface area contributed by atoms with E-state index in [0.29, 0.717) is 12.2 Å². The van der Waals surface area contributed by atoms with E-state index >= 15 is 0 Å². The molecule has 0 radical (unpaired) electrons. The summed E-state index contributed by atoms with van der Waals surface area (Å²) in [6.07, 6.45) is 5.26. The Kier molecular flexibility index (Phi) is 4.10. The van der Waals surface area contributed by atoms with Gasteiger partial charge in [-0.3, -0.25) is 4.98 Å². The molecule has 6 heteroatoms. The van der Waals surface area contributed by atoms with Gasteiger partial charge in [-0.1, -0.05) is 0 Å². The minimum atomic E-state index is -0.893. The highest BCUT2D eigenvalue weighted by Crippen LogP contribution is 2.29. The lowest BCUT2D eigenvalue weighted by molar-refractivity contribution is 0.0467. The number of aliphatic hydroxyl groups is 1. The third kappa shape index (κ3) is 4.18. The zero-order valence-electron chi connectivity index (χ0n) is 11.1. The Balaban J connectivity index is 2.06. The molecule has 1 aliphatic carbocycles. The Bertz CT molecular complexity index is 469. The quantitative estimate of drug-likeness (QED) is 0.893. The van der Waals surface area contributed by atoms with Crippen LogP contribution in [0.25, 0.3) is 0 Å². The molecule has 1 aliphatic rings. The average Bonchev–Trinajstić information content (AvgIpc) is 3.12. The first-order chi connectivity index (χ1) is 8.87. The molecule has 1 saturated carbocycles. The minimum absolute atomic E-state index is 0.184. The van der Waals surface area contributed by atoms with Crippen LogP contribution in [0.15, 0.2) is 22.9 Å². The molecule has 0 unspecified atom stereocenters. The number of rotatable bonds is 4. The van der Waals surface area contributed by atoms with Gasteiger partial charge in [-0.2, -0.15) is 0 Å². The highest BCUT2D eigenvalue weighted by molar-refractivity contribution is 9.10. The summed E-state index contributed by atoms with van der Waals surface area (Å²) in [5.74, 6) is 0. The van der Waals surface area contributed by atoms with Crippen LogP contribution in [-0.4, -0.2) is 39.2 Å². The monoisotopic (exact) mass is 327 g/mol. The first kappa shape index (κ1) is 14.3. The van der Waals surface area contributed by atoms with Gasteiger partial charge in [0.2, 0.25) is 0 Å². The van der Waals surface area contributed by atoms with Gasteiger partial charge in [-0.05, 0) is 48.7 Å². The number of aromatic nitrogens is 1. The smallest absolute Gasteiger partial charge is 0.322 e. The number of amides is 2. The van der Waals surface area contributed by atoms with Gasteiger partial charge in [-0.25, -0.2) is 4.79 Å². The molecule has 2 rings (SSSR count). The van der Waals surface area contributed by atoms with Crippen LogP contribution in [0.2, 0.25) is 0 Å². The Hall–Kier alpha value is -1.14. The highest BCUT2D eigenvalue weighted by atomic mass is 79.9. The molecule has 104 valence electrons. The molecule has 19 heavy (non-hydrogen) atoms. The Morgan fingerprint density at radius 3 is 2.84 bits per heavy atom. The molecule has 5 nitrogen and oxygen atoms in total. The van der Waals surface area contributed by atoms with Gasteiger partial charge >= 0.3 is 6.03 Å². The summed E-state index contributed by atoms with van der Waals surface area (Å²) in [6.45, 7) is 3.74. The van der Waals surface area contributed by atoms with Gasteiger partial charge in [0.05, 0.1) is 22.3 Å². The van der Waals surface area contributed by atoms with Crippen LogP contribution < -0.4 is 5.32 Å². The molecule has 2 N–H and O–H groups in total. The summed E-state index contributed by atoms with van der Waals surface area (Å²) in [6, 6.07) is 1.79. The third-order valence-corrected chi connectivity index (χ3v) is 3.45. The standard InChI is InChI=1S/C13H18BrN3O2/c1-13(2,19)8-17(9-3-4-9)12(18)16-11-5-6-15-7-10(11)14/h5-7,9,19H,3-4,8H2,1-2H3,(H,15,16,18). The van der Waals surface area contributed by atoms with Gasteiger partial charge in [0.15, 0.2) is 0 Å². The lowest BCUT2D eigenvalue weighted by Gasteiger charge is -2.29. The number of carbonyl (C=O) groups is 1. The van der Waals surface area contributed by atoms with Crippen LogP contribution in [0.4, 0.5) is 10.5 Å². The molecule has 0 saturated heterocycles. The van der Waals surface area contributed by atoms with Gasteiger partial charge in [0.25, 0.3) is 0 Å². The normalized spacial score (nSPS) is 15.2. The summed E-state index contributed by atoms with van der Waals surface area (Å²) in [4.78, 5) is 17.9. The number of carbonyl (C=O) groups excluding carboxylic acids is 1. The van der Waals surface area contributed by atoms with Crippen LogP contribution in [0.1, 0.15) is 26.7 Å². The SMILES string of the molecule is CC(C)(O)CN(C(=O)Nc1ccncc1Br)C1CC1. The molecule has 0 bridgehead atoms. The van der Waals surface area contributed by atoms with Crippen LogP contribution in [0.3, 0.4) is 0 Å². The zero-order chi connectivity index (χ0) is 14.0. The first-order valence-corrected chi connectivity index (χ1v) is 7.05. The van der Waals surface area contributed by atoms with Crippen LogP contribution in [0, 0.1) is 0 Å². The topological polar surface area (TPSA) is 65.5 Å². The van der Waals surface area contributed by atoms with E-state index in [1.165, 1.54) is 0 Å². The van der Waals surface area contributed by atoms with Crippen molar-refractivity contribution in [3.63, 3.8) is 0 Å². The summed E-state index contributed by atoms with van der Waals surface area (Å²) in [5.41, 5.74) is -0.212. The van der Waals surface area contributed by atoms with Crippen molar-refractivity contribution in [1.29, 1.82) is 0 Å². The molecule has 0 atom stereocenters. The predicted molar refractivity (Wildman–Crippen MR) is 77.0 cm³/mol. The Labute approximate surface area is 121 Å². The van der Waals surface area contributed by atoms with Crippen LogP contribution in [-0.2, 0) is 0 Å². The average molecular weight is 328 g/mol. The van der Waals surface area contributed by atoms with E-state index < -0.39 is 5.60 Å². The van der Waals surface area contributed by atoms with Gasteiger partial charge in [-0.15, -0.1) is 0 Å². The van der Waals surface area contributed by atoms with Crippen molar-refractivity contribution < 1.29 is 9.90 Å². The highest BCUT2D eigenvalue weighted by Gasteiger charge is 2.35. The van der Waals surface area contributed by atoms with E-state index in [1.54, 1.807) is 37.2 Å². The second-order valence-electron chi connectivity index (χ2n) is 5.46. The maximum atomic E-state index is 12.3. The molecule has 1 aromatic heterocycles. The molecule has 2 amide bonds. The molecule has 0 aliphatic heterocycles. The van der Waals surface area contributed by atoms with Crippen LogP contribution in [0.5, 0.6) is 0 Å². The fraction of sp³-hybridized carbons (Fsp3) is 0.538. The Morgan fingerprint density at radius 2 is 2.32 bits per heavy atom. The molecule has 1 heterocycles. The number of hydrogen-bond acceptors (Lipinski definition) is 3. The van der Waals surface area contributed by atoms with E-state index in [2.05, 4.69) is 26.2 Å². The van der Waals surface area contributed by atoms with Gasteiger partial charge in [0.1, 0.15) is 0 Å². The second kappa shape index (κ2) is 5.46. The van der Waals surface area contributed by atoms with Gasteiger partial charge in [0, 0.05) is 18.4 Å². The van der Waals surface area contributed by atoms with Crippen molar-refractivity contribution in [2.75, 3.05) is 11.9 Å². The maximum Gasteiger partial charge on any atom is 0.322 e. The molecular formula is C13H18BrN3O2. The Morgan fingerprint density at radius 1 is 1.63 bits per heavy atom. The lowest BCUT2D eigenvalue weighted by Crippen LogP contribution is -2.45. The zero-order valence-corrected chi connectivity index (χ0v) is 12.6. The molecular weight excluding hydrogens is 310 g/mol. The summed E-state index contributed by atoms with van der Waals surface area (Å²) < 4.78 is 0.738. The number of nitrogens with one attached hydrogen (secondary N) is 1. The van der Waals surface area contributed by atoms with E-state index in [4.69, 9.17) is 0 Å². The number of urea groups is 1. The number of pyridine rings is 1. The van der Waals surface area contributed by atoms with Crippen molar-refractivity contribution in [3.05, 3.63) is 22.9 Å².